The number of hydrogen-bond acceptors (Lipinski definition) is 6. The van der Waals surface area contributed by atoms with Crippen LogP contribution in [0.1, 0.15) is 64.0 Å². The molecular formula is C26H39N3O2S. The van der Waals surface area contributed by atoms with Gasteiger partial charge in [-0.05, 0) is 61.3 Å². The van der Waals surface area contributed by atoms with Gasteiger partial charge in [0, 0.05) is 49.1 Å². The van der Waals surface area contributed by atoms with Crippen molar-refractivity contribution in [2.75, 3.05) is 50.8 Å². The van der Waals surface area contributed by atoms with E-state index in [1.54, 1.807) is 11.3 Å². The van der Waals surface area contributed by atoms with Crippen LogP contribution in [-0.4, -0.2) is 66.0 Å². The van der Waals surface area contributed by atoms with Gasteiger partial charge < -0.3 is 15.1 Å². The summed E-state index contributed by atoms with van der Waals surface area (Å²) in [5.74, 6) is 0. The first-order valence-electron chi connectivity index (χ1n) is 12.2. The maximum atomic E-state index is 10.2. The largest absolute Gasteiger partial charge is 0.396 e. The molecule has 0 saturated carbocycles. The van der Waals surface area contributed by atoms with Crippen molar-refractivity contribution in [1.29, 1.82) is 0 Å². The van der Waals surface area contributed by atoms with E-state index in [1.165, 1.54) is 17.5 Å². The summed E-state index contributed by atoms with van der Waals surface area (Å²) >= 11 is 1.74. The molecule has 2 heterocycles. The maximum Gasteiger partial charge on any atom is 0.185 e. The van der Waals surface area contributed by atoms with E-state index in [1.807, 2.05) is 0 Å². The number of aliphatic hydroxyl groups is 2. The van der Waals surface area contributed by atoms with E-state index in [0.29, 0.717) is 6.61 Å². The second-order valence-corrected chi connectivity index (χ2v) is 11.3. The summed E-state index contributed by atoms with van der Waals surface area (Å²) in [7, 11) is 0. The Kier molecular flexibility index (Phi) is 7.25. The second-order valence-electron chi connectivity index (χ2n) is 10.5. The number of rotatable bonds is 8. The minimum atomic E-state index is -0.173. The molecule has 1 fully saturated rings. The van der Waals surface area contributed by atoms with E-state index in [9.17, 15) is 5.11 Å². The molecule has 1 saturated heterocycles. The van der Waals surface area contributed by atoms with E-state index in [2.05, 4.69) is 54.2 Å². The van der Waals surface area contributed by atoms with Crippen molar-refractivity contribution < 1.29 is 10.2 Å². The molecule has 1 aliphatic carbocycles. The average molecular weight is 458 g/mol. The molecule has 5 nitrogen and oxygen atoms in total. The number of thiazole rings is 1. The Bertz CT molecular complexity index is 904. The number of anilines is 1. The monoisotopic (exact) mass is 457 g/mol. The van der Waals surface area contributed by atoms with Crippen LogP contribution in [0.15, 0.2) is 23.6 Å². The number of nitrogens with zero attached hydrogens (tertiary/aromatic N) is 3. The molecule has 32 heavy (non-hydrogen) atoms. The zero-order valence-electron chi connectivity index (χ0n) is 19.9. The molecule has 4 rings (SSSR count). The SMILES string of the molecule is CC1(C)CCC(C)(CO)c2cc(-c3csc(N4CCN(CCCCCO)CC4)n3)ccc21. The van der Waals surface area contributed by atoms with Crippen molar-refractivity contribution in [1.82, 2.24) is 9.88 Å². The molecule has 1 unspecified atom stereocenters. The molecule has 0 bridgehead atoms. The van der Waals surface area contributed by atoms with Gasteiger partial charge in [-0.3, -0.25) is 4.90 Å². The number of hydrogen-bond donors (Lipinski definition) is 2. The molecule has 1 aliphatic heterocycles. The van der Waals surface area contributed by atoms with Gasteiger partial charge in [0.25, 0.3) is 0 Å². The Labute approximate surface area is 197 Å². The molecule has 1 aromatic carbocycles. The van der Waals surface area contributed by atoms with E-state index in [4.69, 9.17) is 10.1 Å². The summed E-state index contributed by atoms with van der Waals surface area (Å²) in [6.07, 6.45) is 5.31. The smallest absolute Gasteiger partial charge is 0.185 e. The molecule has 2 aliphatic rings. The van der Waals surface area contributed by atoms with E-state index in [-0.39, 0.29) is 17.4 Å². The van der Waals surface area contributed by atoms with E-state index < -0.39 is 0 Å². The van der Waals surface area contributed by atoms with Crippen LogP contribution in [0, 0.1) is 0 Å². The minimum Gasteiger partial charge on any atom is -0.396 e. The molecule has 176 valence electrons. The number of aromatic nitrogens is 1. The van der Waals surface area contributed by atoms with Crippen molar-refractivity contribution in [2.45, 2.75) is 63.7 Å². The molecule has 2 aromatic rings. The molecular weight excluding hydrogens is 418 g/mol. The third-order valence-electron chi connectivity index (χ3n) is 7.61. The summed E-state index contributed by atoms with van der Waals surface area (Å²) in [6.45, 7) is 12.7. The van der Waals surface area contributed by atoms with Gasteiger partial charge in [0.1, 0.15) is 0 Å². The molecule has 0 amide bonds. The van der Waals surface area contributed by atoms with Gasteiger partial charge in [-0.1, -0.05) is 32.9 Å². The quantitative estimate of drug-likeness (QED) is 0.575. The van der Waals surface area contributed by atoms with Crippen LogP contribution in [0.2, 0.25) is 0 Å². The van der Waals surface area contributed by atoms with Gasteiger partial charge in [0.05, 0.1) is 12.3 Å². The maximum absolute atomic E-state index is 10.2. The molecule has 0 spiro atoms. The van der Waals surface area contributed by atoms with Crippen molar-refractivity contribution >= 4 is 16.5 Å². The van der Waals surface area contributed by atoms with Crippen LogP contribution in [-0.2, 0) is 10.8 Å². The first kappa shape index (κ1) is 23.7. The van der Waals surface area contributed by atoms with Gasteiger partial charge >= 0.3 is 0 Å². The highest BCUT2D eigenvalue weighted by Gasteiger charge is 2.39. The normalized spacial score (nSPS) is 23.3. The summed E-state index contributed by atoms with van der Waals surface area (Å²) in [4.78, 5) is 9.96. The van der Waals surface area contributed by atoms with Gasteiger partial charge in [-0.15, -0.1) is 11.3 Å². The number of aliphatic hydroxyl groups excluding tert-OH is 2. The highest BCUT2D eigenvalue weighted by atomic mass is 32.1. The fourth-order valence-electron chi connectivity index (χ4n) is 5.14. The van der Waals surface area contributed by atoms with Crippen LogP contribution in [0.5, 0.6) is 0 Å². The summed E-state index contributed by atoms with van der Waals surface area (Å²) in [5.41, 5.74) is 4.84. The Morgan fingerprint density at radius 3 is 2.47 bits per heavy atom. The van der Waals surface area contributed by atoms with Crippen LogP contribution in [0.4, 0.5) is 5.13 Å². The lowest BCUT2D eigenvalue weighted by atomic mass is 9.62. The minimum absolute atomic E-state index is 0.146. The summed E-state index contributed by atoms with van der Waals surface area (Å²) in [6, 6.07) is 6.77. The lowest BCUT2D eigenvalue weighted by Gasteiger charge is -2.43. The highest BCUT2D eigenvalue weighted by molar-refractivity contribution is 7.14. The van der Waals surface area contributed by atoms with E-state index >= 15 is 0 Å². The van der Waals surface area contributed by atoms with Gasteiger partial charge in [0.2, 0.25) is 0 Å². The number of piperazine rings is 1. The third-order valence-corrected chi connectivity index (χ3v) is 8.51. The predicted octanol–water partition coefficient (Wildman–Crippen LogP) is 4.42. The summed E-state index contributed by atoms with van der Waals surface area (Å²) in [5, 5.41) is 22.4. The fourth-order valence-corrected chi connectivity index (χ4v) is 6.03. The van der Waals surface area contributed by atoms with Crippen molar-refractivity contribution in [3.63, 3.8) is 0 Å². The third kappa shape index (κ3) is 4.89. The Hall–Kier alpha value is -1.47. The Balaban J connectivity index is 1.45. The van der Waals surface area contributed by atoms with Gasteiger partial charge in [-0.2, -0.15) is 0 Å². The molecule has 6 heteroatoms. The molecule has 0 radical (unpaired) electrons. The lowest BCUT2D eigenvalue weighted by molar-refractivity contribution is 0.173. The van der Waals surface area contributed by atoms with Crippen molar-refractivity contribution in [3.05, 3.63) is 34.7 Å². The van der Waals surface area contributed by atoms with Gasteiger partial charge in [-0.25, -0.2) is 4.98 Å². The second kappa shape index (κ2) is 9.80. The molecule has 1 atom stereocenters. The number of benzene rings is 1. The van der Waals surface area contributed by atoms with E-state index in [0.717, 1.165) is 74.8 Å². The summed E-state index contributed by atoms with van der Waals surface area (Å²) < 4.78 is 0. The van der Waals surface area contributed by atoms with Crippen LogP contribution in [0.25, 0.3) is 11.3 Å². The standard InChI is InChI=1S/C26H39N3O2S/c1-25(2)9-10-26(3,19-31)22-17-20(7-8-21(22)25)23-18-32-24(27-23)29-14-12-28(13-15-29)11-5-4-6-16-30/h7-8,17-18,30-31H,4-6,9-16,19H2,1-3H3. The molecule has 2 N–H and O–H groups in total. The number of fused-ring (bicyclic) bond motifs is 1. The van der Waals surface area contributed by atoms with Gasteiger partial charge in [0.15, 0.2) is 5.13 Å². The Morgan fingerprint density at radius 1 is 0.969 bits per heavy atom. The first-order valence-corrected chi connectivity index (χ1v) is 13.0. The fraction of sp³-hybridized carbons (Fsp3) is 0.654. The topological polar surface area (TPSA) is 59.8 Å². The van der Waals surface area contributed by atoms with Crippen LogP contribution in [0.3, 0.4) is 0 Å². The highest BCUT2D eigenvalue weighted by Crippen LogP contribution is 2.47. The first-order chi connectivity index (χ1) is 15.4. The van der Waals surface area contributed by atoms with Crippen LogP contribution < -0.4 is 4.90 Å². The lowest BCUT2D eigenvalue weighted by Crippen LogP contribution is -2.46. The Morgan fingerprint density at radius 2 is 1.75 bits per heavy atom. The van der Waals surface area contributed by atoms with Crippen molar-refractivity contribution in [3.8, 4) is 11.3 Å². The molecule has 1 aromatic heterocycles. The zero-order valence-corrected chi connectivity index (χ0v) is 20.8. The number of unbranched alkanes of at least 4 members (excludes halogenated alkanes) is 2. The predicted molar refractivity (Wildman–Crippen MR) is 134 cm³/mol. The van der Waals surface area contributed by atoms with Crippen molar-refractivity contribution in [2.24, 2.45) is 0 Å². The van der Waals surface area contributed by atoms with Crippen LogP contribution >= 0.6 is 11.3 Å². The average Bonchev–Trinajstić information content (AvgIpc) is 3.30. The zero-order chi connectivity index (χ0) is 22.8.